The summed E-state index contributed by atoms with van der Waals surface area (Å²) in [5.41, 5.74) is -0.165. The average Bonchev–Trinajstić information content (AvgIpc) is 2.29. The van der Waals surface area contributed by atoms with Crippen LogP contribution in [0.1, 0.15) is 5.56 Å². The second kappa shape index (κ2) is 5.62. The summed E-state index contributed by atoms with van der Waals surface area (Å²) < 4.78 is 36.9. The van der Waals surface area contributed by atoms with Crippen LogP contribution in [0.2, 0.25) is 0 Å². The molecule has 0 bridgehead atoms. The minimum atomic E-state index is -0.766. The van der Waals surface area contributed by atoms with Crippen LogP contribution in [-0.4, -0.2) is 20.8 Å². The van der Waals surface area contributed by atoms with E-state index in [1.54, 1.807) is 0 Å². The molecule has 1 aromatic rings. The van der Waals surface area contributed by atoms with E-state index in [-0.39, 0.29) is 30.1 Å². The van der Waals surface area contributed by atoms with Crippen LogP contribution in [-0.2, 0) is 11.3 Å². The zero-order valence-electron chi connectivity index (χ0n) is 9.05. The highest BCUT2D eigenvalue weighted by Gasteiger charge is 2.19. The summed E-state index contributed by atoms with van der Waals surface area (Å²) >= 11 is 0. The predicted octanol–water partition coefficient (Wildman–Crippen LogP) is 1.41. The fourth-order valence-corrected chi connectivity index (χ4v) is 1.32. The normalized spacial score (nSPS) is 10.3. The van der Waals surface area contributed by atoms with Crippen molar-refractivity contribution in [2.24, 2.45) is 5.90 Å². The van der Waals surface area contributed by atoms with Crippen LogP contribution in [0.4, 0.5) is 8.78 Å². The van der Waals surface area contributed by atoms with Crippen LogP contribution in [0, 0.1) is 11.6 Å². The Morgan fingerprint density at radius 2 is 1.62 bits per heavy atom. The van der Waals surface area contributed by atoms with Crippen LogP contribution < -0.4 is 15.4 Å². The lowest BCUT2D eigenvalue weighted by Gasteiger charge is -2.11. The summed E-state index contributed by atoms with van der Waals surface area (Å²) in [5, 5.41) is 0. The van der Waals surface area contributed by atoms with E-state index >= 15 is 0 Å². The standard InChI is InChI=1S/C10H13F2NO3/c1-14-7-5-8(15-2)10(12)6(9(7)11)3-4-16-13/h5H,3-4,13H2,1-2H3. The topological polar surface area (TPSA) is 53.7 Å². The van der Waals surface area contributed by atoms with E-state index < -0.39 is 11.6 Å². The number of benzene rings is 1. The Morgan fingerprint density at radius 3 is 2.00 bits per heavy atom. The molecule has 0 spiro atoms. The van der Waals surface area contributed by atoms with Gasteiger partial charge in [-0.05, 0) is 0 Å². The first-order valence-corrected chi connectivity index (χ1v) is 4.56. The highest BCUT2D eigenvalue weighted by Crippen LogP contribution is 2.31. The van der Waals surface area contributed by atoms with Crippen LogP contribution in [0.5, 0.6) is 11.5 Å². The third-order valence-electron chi connectivity index (χ3n) is 2.13. The number of halogens is 2. The van der Waals surface area contributed by atoms with Gasteiger partial charge in [-0.2, -0.15) is 0 Å². The Labute approximate surface area is 91.9 Å². The Bertz CT molecular complexity index is 343. The lowest BCUT2D eigenvalue weighted by molar-refractivity contribution is 0.139. The first kappa shape index (κ1) is 12.7. The molecular formula is C10H13F2NO3. The van der Waals surface area contributed by atoms with Crippen LogP contribution in [0.25, 0.3) is 0 Å². The van der Waals surface area contributed by atoms with Crippen molar-refractivity contribution in [3.05, 3.63) is 23.3 Å². The van der Waals surface area contributed by atoms with Crippen molar-refractivity contribution in [1.29, 1.82) is 0 Å². The van der Waals surface area contributed by atoms with Crippen molar-refractivity contribution in [3.8, 4) is 11.5 Å². The molecular weight excluding hydrogens is 220 g/mol. The fourth-order valence-electron chi connectivity index (χ4n) is 1.32. The Balaban J connectivity index is 3.20. The summed E-state index contributed by atoms with van der Waals surface area (Å²) in [5.74, 6) is 3.12. The van der Waals surface area contributed by atoms with E-state index in [0.717, 1.165) is 6.07 Å². The molecule has 0 fully saturated rings. The Hall–Kier alpha value is -1.40. The molecule has 1 aromatic carbocycles. The molecule has 0 amide bonds. The second-order valence-electron chi connectivity index (χ2n) is 3.01. The number of hydrogen-bond acceptors (Lipinski definition) is 4. The van der Waals surface area contributed by atoms with E-state index in [2.05, 4.69) is 4.84 Å². The lowest BCUT2D eigenvalue weighted by atomic mass is 10.1. The molecule has 0 saturated heterocycles. The maximum absolute atomic E-state index is 13.7. The van der Waals surface area contributed by atoms with E-state index in [1.165, 1.54) is 14.2 Å². The Morgan fingerprint density at radius 1 is 1.12 bits per heavy atom. The van der Waals surface area contributed by atoms with Crippen molar-refractivity contribution < 1.29 is 23.1 Å². The summed E-state index contributed by atoms with van der Waals surface area (Å²) in [6, 6.07) is 1.15. The Kier molecular flexibility index (Phi) is 4.45. The molecule has 0 atom stereocenters. The second-order valence-corrected chi connectivity index (χ2v) is 3.01. The SMILES string of the molecule is COc1cc(OC)c(F)c(CCON)c1F. The molecule has 4 nitrogen and oxygen atoms in total. The first-order chi connectivity index (χ1) is 7.65. The summed E-state index contributed by atoms with van der Waals surface area (Å²) in [4.78, 5) is 4.29. The molecule has 0 heterocycles. The van der Waals surface area contributed by atoms with Gasteiger partial charge in [-0.1, -0.05) is 0 Å². The highest BCUT2D eigenvalue weighted by atomic mass is 19.1. The van der Waals surface area contributed by atoms with E-state index in [4.69, 9.17) is 15.4 Å². The highest BCUT2D eigenvalue weighted by molar-refractivity contribution is 5.41. The maximum atomic E-state index is 13.7. The number of ether oxygens (including phenoxy) is 2. The number of hydrogen-bond donors (Lipinski definition) is 1. The minimum Gasteiger partial charge on any atom is -0.494 e. The smallest absolute Gasteiger partial charge is 0.171 e. The van der Waals surface area contributed by atoms with Gasteiger partial charge in [0.1, 0.15) is 0 Å². The molecule has 6 heteroatoms. The van der Waals surface area contributed by atoms with E-state index in [0.29, 0.717) is 0 Å². The predicted molar refractivity (Wildman–Crippen MR) is 53.3 cm³/mol. The van der Waals surface area contributed by atoms with Gasteiger partial charge in [0.25, 0.3) is 0 Å². The molecule has 1 rings (SSSR count). The molecule has 0 saturated carbocycles. The minimum absolute atomic E-state index is 0.00171. The van der Waals surface area contributed by atoms with E-state index in [9.17, 15) is 8.78 Å². The third kappa shape index (κ3) is 2.40. The van der Waals surface area contributed by atoms with Crippen molar-refractivity contribution in [2.75, 3.05) is 20.8 Å². The van der Waals surface area contributed by atoms with Gasteiger partial charge in [0.15, 0.2) is 23.1 Å². The number of rotatable bonds is 5. The summed E-state index contributed by atoms with van der Waals surface area (Å²) in [7, 11) is 2.58. The van der Waals surface area contributed by atoms with Crippen LogP contribution in [0.3, 0.4) is 0 Å². The average molecular weight is 233 g/mol. The molecule has 0 aliphatic carbocycles. The number of nitrogens with two attached hydrogens (primary N) is 1. The summed E-state index contributed by atoms with van der Waals surface area (Å²) in [6.07, 6.45) is 0.00171. The molecule has 16 heavy (non-hydrogen) atoms. The zero-order valence-corrected chi connectivity index (χ0v) is 9.05. The van der Waals surface area contributed by atoms with Crippen molar-refractivity contribution in [3.63, 3.8) is 0 Å². The van der Waals surface area contributed by atoms with Crippen LogP contribution >= 0.6 is 0 Å². The van der Waals surface area contributed by atoms with Gasteiger partial charge in [-0.15, -0.1) is 0 Å². The zero-order chi connectivity index (χ0) is 12.1. The van der Waals surface area contributed by atoms with Gasteiger partial charge in [0.05, 0.1) is 20.8 Å². The van der Waals surface area contributed by atoms with Gasteiger partial charge < -0.3 is 14.3 Å². The lowest BCUT2D eigenvalue weighted by Crippen LogP contribution is -2.08. The van der Waals surface area contributed by atoms with Crippen molar-refractivity contribution in [1.82, 2.24) is 0 Å². The monoisotopic (exact) mass is 233 g/mol. The molecule has 0 aliphatic rings. The fraction of sp³-hybridized carbons (Fsp3) is 0.400. The van der Waals surface area contributed by atoms with Gasteiger partial charge in [-0.25, -0.2) is 14.7 Å². The van der Waals surface area contributed by atoms with Gasteiger partial charge >= 0.3 is 0 Å². The number of methoxy groups -OCH3 is 2. The van der Waals surface area contributed by atoms with E-state index in [1.807, 2.05) is 0 Å². The van der Waals surface area contributed by atoms with Gasteiger partial charge in [-0.3, -0.25) is 0 Å². The maximum Gasteiger partial charge on any atom is 0.171 e. The molecule has 0 unspecified atom stereocenters. The van der Waals surface area contributed by atoms with Crippen LogP contribution in [0.15, 0.2) is 6.07 Å². The molecule has 2 N–H and O–H groups in total. The summed E-state index contributed by atoms with van der Waals surface area (Å²) in [6.45, 7) is 0.00413. The quantitative estimate of drug-likeness (QED) is 0.781. The molecule has 0 radical (unpaired) electrons. The first-order valence-electron chi connectivity index (χ1n) is 4.56. The molecule has 0 aromatic heterocycles. The molecule has 90 valence electrons. The van der Waals surface area contributed by atoms with Gasteiger partial charge in [0.2, 0.25) is 0 Å². The third-order valence-corrected chi connectivity index (χ3v) is 2.13. The largest absolute Gasteiger partial charge is 0.494 e. The van der Waals surface area contributed by atoms with Crippen molar-refractivity contribution in [2.45, 2.75) is 6.42 Å². The van der Waals surface area contributed by atoms with Gasteiger partial charge in [0, 0.05) is 18.1 Å². The van der Waals surface area contributed by atoms with Crippen molar-refractivity contribution >= 4 is 0 Å². The molecule has 0 aliphatic heterocycles.